The lowest BCUT2D eigenvalue weighted by atomic mass is 9.79. The van der Waals surface area contributed by atoms with Crippen LogP contribution < -0.4 is 4.74 Å². The van der Waals surface area contributed by atoms with E-state index in [-0.39, 0.29) is 36.5 Å². The molecule has 0 saturated carbocycles. The molecule has 0 bridgehead atoms. The number of ether oxygens (including phenoxy) is 2. The number of carbonyl (C=O) groups excluding carboxylic acids is 2. The third-order valence-electron chi connectivity index (χ3n) is 6.89. The highest BCUT2D eigenvalue weighted by Gasteiger charge is 2.41. The molecule has 5 rings (SSSR count). The lowest BCUT2D eigenvalue weighted by Crippen LogP contribution is -2.47. The molecule has 0 N–H and O–H groups in total. The zero-order valence-electron chi connectivity index (χ0n) is 20.8. The number of carbonyl (C=O) groups is 2. The van der Waals surface area contributed by atoms with Crippen LogP contribution in [0.4, 0.5) is 0 Å². The van der Waals surface area contributed by atoms with E-state index in [4.69, 9.17) is 9.47 Å². The minimum atomic E-state index is -0.539. The van der Waals surface area contributed by atoms with Crippen LogP contribution in [-0.2, 0) is 27.4 Å². The van der Waals surface area contributed by atoms with Crippen molar-refractivity contribution in [2.24, 2.45) is 5.92 Å². The molecule has 2 aliphatic rings. The average Bonchev–Trinajstić information content (AvgIpc) is 3.41. The van der Waals surface area contributed by atoms with Crippen LogP contribution in [0.1, 0.15) is 49.9 Å². The summed E-state index contributed by atoms with van der Waals surface area (Å²) in [6.07, 6.45) is 4.57. The van der Waals surface area contributed by atoms with Gasteiger partial charge in [-0.1, -0.05) is 44.2 Å². The molecule has 2 aliphatic heterocycles. The number of Topliss-reactive ketones (excluding diaryl/α,β-unsaturated/α-hetero) is 1. The summed E-state index contributed by atoms with van der Waals surface area (Å²) < 4.78 is 11.5. The van der Waals surface area contributed by atoms with Crippen LogP contribution in [0.15, 0.2) is 65.8 Å². The van der Waals surface area contributed by atoms with Crippen LogP contribution in [0.3, 0.4) is 0 Å². The second-order valence-corrected chi connectivity index (χ2v) is 10.4. The first-order valence-electron chi connectivity index (χ1n) is 12.4. The van der Waals surface area contributed by atoms with E-state index in [9.17, 15) is 9.59 Å². The van der Waals surface area contributed by atoms with E-state index in [1.807, 2.05) is 23.6 Å². The van der Waals surface area contributed by atoms with E-state index in [1.165, 1.54) is 5.56 Å². The van der Waals surface area contributed by atoms with Crippen molar-refractivity contribution in [2.75, 3.05) is 6.61 Å². The average molecular weight is 503 g/mol. The van der Waals surface area contributed by atoms with Crippen molar-refractivity contribution in [3.05, 3.63) is 82.5 Å². The highest BCUT2D eigenvalue weighted by atomic mass is 32.1. The Morgan fingerprint density at radius 3 is 2.69 bits per heavy atom. The van der Waals surface area contributed by atoms with Crippen molar-refractivity contribution >= 4 is 23.1 Å². The summed E-state index contributed by atoms with van der Waals surface area (Å²) in [6, 6.07) is 14.4. The van der Waals surface area contributed by atoms with Crippen molar-refractivity contribution in [2.45, 2.75) is 52.3 Å². The number of benzene rings is 2. The highest BCUT2D eigenvalue weighted by Crippen LogP contribution is 2.45. The van der Waals surface area contributed by atoms with Gasteiger partial charge in [0.05, 0.1) is 18.2 Å². The van der Waals surface area contributed by atoms with Gasteiger partial charge in [-0.3, -0.25) is 4.79 Å². The summed E-state index contributed by atoms with van der Waals surface area (Å²) in [7, 11) is 0. The molecule has 3 aromatic rings. The fraction of sp³-hybridized carbons (Fsp3) is 0.345. The van der Waals surface area contributed by atoms with Gasteiger partial charge in [0.1, 0.15) is 22.9 Å². The van der Waals surface area contributed by atoms with Gasteiger partial charge in [0.25, 0.3) is 0 Å². The monoisotopic (exact) mass is 502 g/mol. The predicted octanol–water partition coefficient (Wildman–Crippen LogP) is 5.73. The molecule has 6 nitrogen and oxygen atoms in total. The first-order chi connectivity index (χ1) is 17.5. The number of aromatic nitrogens is 1. The van der Waals surface area contributed by atoms with E-state index in [0.29, 0.717) is 12.5 Å². The molecule has 7 heteroatoms. The van der Waals surface area contributed by atoms with Crippen molar-refractivity contribution in [3.63, 3.8) is 0 Å². The Hall–Kier alpha value is -3.45. The second-order valence-electron chi connectivity index (χ2n) is 9.53. The van der Waals surface area contributed by atoms with Crippen LogP contribution in [0.2, 0.25) is 0 Å². The van der Waals surface area contributed by atoms with Gasteiger partial charge >= 0.3 is 5.97 Å². The summed E-state index contributed by atoms with van der Waals surface area (Å²) in [5.74, 6) is 0.405. The molecule has 3 heterocycles. The number of rotatable bonds is 7. The smallest absolute Gasteiger partial charge is 0.343 e. The summed E-state index contributed by atoms with van der Waals surface area (Å²) in [6.45, 7) is 6.81. The Kier molecular flexibility index (Phi) is 6.92. The molecular weight excluding hydrogens is 472 g/mol. The number of nitrogens with zero attached hydrogens (tertiary/aromatic N) is 2. The van der Waals surface area contributed by atoms with Crippen LogP contribution in [0.25, 0.3) is 10.6 Å². The number of thiazole rings is 1. The Morgan fingerprint density at radius 1 is 1.19 bits per heavy atom. The third kappa shape index (κ3) is 4.67. The SMILES string of the molecule is CCOC(=O)C1=CN2C(CC1=O)c1cc(-c3nccs3)c(OCc3ccccc3)cc1CC2C(C)C. The highest BCUT2D eigenvalue weighted by molar-refractivity contribution is 7.13. The summed E-state index contributed by atoms with van der Waals surface area (Å²) in [5, 5.41) is 2.83. The van der Waals surface area contributed by atoms with Crippen LogP contribution >= 0.6 is 11.3 Å². The van der Waals surface area contributed by atoms with Gasteiger partial charge in [-0.2, -0.15) is 0 Å². The molecular formula is C29H30N2O4S. The van der Waals surface area contributed by atoms with E-state index in [0.717, 1.165) is 33.9 Å². The van der Waals surface area contributed by atoms with Crippen molar-refractivity contribution in [3.8, 4) is 16.3 Å². The van der Waals surface area contributed by atoms with Gasteiger partial charge in [0.15, 0.2) is 5.78 Å². The second kappa shape index (κ2) is 10.3. The molecule has 36 heavy (non-hydrogen) atoms. The fourth-order valence-corrected chi connectivity index (χ4v) is 5.75. The first kappa shape index (κ1) is 24.3. The minimum absolute atomic E-state index is 0.144. The number of esters is 1. The number of hydrogen-bond acceptors (Lipinski definition) is 7. The van der Waals surface area contributed by atoms with E-state index in [2.05, 4.69) is 48.0 Å². The summed E-state index contributed by atoms with van der Waals surface area (Å²) in [5.41, 5.74) is 4.44. The summed E-state index contributed by atoms with van der Waals surface area (Å²) in [4.78, 5) is 32.3. The molecule has 0 saturated heterocycles. The Labute approximate surface area is 215 Å². The molecule has 0 fully saturated rings. The number of hydrogen-bond donors (Lipinski definition) is 0. The first-order valence-corrected chi connectivity index (χ1v) is 13.3. The van der Waals surface area contributed by atoms with E-state index >= 15 is 0 Å². The minimum Gasteiger partial charge on any atom is -0.488 e. The van der Waals surface area contributed by atoms with Gasteiger partial charge in [-0.05, 0) is 48.1 Å². The van der Waals surface area contributed by atoms with Crippen LogP contribution in [0, 0.1) is 5.92 Å². The molecule has 2 aromatic carbocycles. The number of ketones is 1. The maximum Gasteiger partial charge on any atom is 0.343 e. The molecule has 0 amide bonds. The summed E-state index contributed by atoms with van der Waals surface area (Å²) >= 11 is 1.56. The predicted molar refractivity (Wildman–Crippen MR) is 140 cm³/mol. The quantitative estimate of drug-likeness (QED) is 0.303. The molecule has 2 unspecified atom stereocenters. The Balaban J connectivity index is 1.57. The molecule has 1 aromatic heterocycles. The van der Waals surface area contributed by atoms with Crippen LogP contribution in [-0.4, -0.2) is 34.3 Å². The molecule has 0 spiro atoms. The van der Waals surface area contributed by atoms with Gasteiger partial charge in [-0.15, -0.1) is 11.3 Å². The van der Waals surface area contributed by atoms with E-state index in [1.54, 1.807) is 30.7 Å². The van der Waals surface area contributed by atoms with Crippen LogP contribution in [0.5, 0.6) is 5.75 Å². The zero-order chi connectivity index (χ0) is 25.2. The lowest BCUT2D eigenvalue weighted by molar-refractivity contribution is -0.140. The third-order valence-corrected chi connectivity index (χ3v) is 7.70. The topological polar surface area (TPSA) is 68.7 Å². The number of fused-ring (bicyclic) bond motifs is 3. The van der Waals surface area contributed by atoms with Gasteiger partial charge < -0.3 is 14.4 Å². The Morgan fingerprint density at radius 2 is 2.00 bits per heavy atom. The standard InChI is InChI=1S/C29H30N2O4S/c1-4-34-29(33)23-16-31-24(18(2)3)12-20-13-27(35-17-19-8-6-5-7-9-19)22(28-30-10-11-36-28)14-21(20)25(31)15-26(23)32/h5-11,13-14,16,18,24-25H,4,12,15,17H2,1-3H3. The fourth-order valence-electron chi connectivity index (χ4n) is 5.09. The lowest BCUT2D eigenvalue weighted by Gasteiger charge is -2.47. The maximum atomic E-state index is 13.1. The maximum absolute atomic E-state index is 13.1. The zero-order valence-corrected chi connectivity index (χ0v) is 21.6. The van der Waals surface area contributed by atoms with Gasteiger partial charge in [-0.25, -0.2) is 9.78 Å². The molecule has 2 atom stereocenters. The molecule has 0 radical (unpaired) electrons. The van der Waals surface area contributed by atoms with Gasteiger partial charge in [0, 0.05) is 30.2 Å². The normalized spacial score (nSPS) is 18.9. The van der Waals surface area contributed by atoms with Crippen molar-refractivity contribution in [1.82, 2.24) is 9.88 Å². The van der Waals surface area contributed by atoms with Crippen molar-refractivity contribution < 1.29 is 19.1 Å². The van der Waals surface area contributed by atoms with Gasteiger partial charge in [0.2, 0.25) is 0 Å². The molecule has 186 valence electrons. The largest absolute Gasteiger partial charge is 0.488 e. The Bertz CT molecular complexity index is 1280. The van der Waals surface area contributed by atoms with E-state index < -0.39 is 5.97 Å². The van der Waals surface area contributed by atoms with Crippen molar-refractivity contribution in [1.29, 1.82) is 0 Å². The molecule has 0 aliphatic carbocycles.